The molecule has 6 heteroatoms. The lowest BCUT2D eigenvalue weighted by Crippen LogP contribution is -2.41. The first-order valence-corrected chi connectivity index (χ1v) is 15.8. The number of hydrogen-bond donors (Lipinski definition) is 2. The summed E-state index contributed by atoms with van der Waals surface area (Å²) >= 11 is 1.57. The molecule has 5 nitrogen and oxygen atoms in total. The second-order valence-corrected chi connectivity index (χ2v) is 11.9. The van der Waals surface area contributed by atoms with Crippen LogP contribution in [0.4, 0.5) is 0 Å². The largest absolute Gasteiger partial charge is 0.480 e. The van der Waals surface area contributed by atoms with Gasteiger partial charge in [0.2, 0.25) is 0 Å². The molecule has 2 N–H and O–H groups in total. The van der Waals surface area contributed by atoms with Crippen LogP contribution >= 0.6 is 11.8 Å². The van der Waals surface area contributed by atoms with Crippen molar-refractivity contribution in [3.63, 3.8) is 0 Å². The molecule has 3 aromatic rings. The smallest absolute Gasteiger partial charge is 0.326 e. The number of carboxylic acids is 1. The van der Waals surface area contributed by atoms with Crippen LogP contribution in [0, 0.1) is 6.92 Å². The highest BCUT2D eigenvalue weighted by molar-refractivity contribution is 7.98. The zero-order valence-electron chi connectivity index (χ0n) is 23.9. The number of thioether (sulfide) groups is 1. The molecule has 0 spiro atoms. The number of nitrogens with one attached hydrogen (secondary N) is 1. The van der Waals surface area contributed by atoms with Gasteiger partial charge < -0.3 is 10.4 Å². The van der Waals surface area contributed by atoms with Crippen molar-refractivity contribution >= 4 is 23.6 Å². The van der Waals surface area contributed by atoms with Crippen molar-refractivity contribution in [1.82, 2.24) is 10.2 Å². The number of nitrogens with zero attached hydrogens (tertiary/aromatic N) is 1. The number of benzene rings is 3. The van der Waals surface area contributed by atoms with Gasteiger partial charge in [-0.1, -0.05) is 74.0 Å². The average Bonchev–Trinajstić information content (AvgIpc) is 3.32. The lowest BCUT2D eigenvalue weighted by molar-refractivity contribution is -0.139. The summed E-state index contributed by atoms with van der Waals surface area (Å²) in [6.07, 6.45) is 8.11. The molecule has 1 aliphatic rings. The molecule has 1 fully saturated rings. The first-order chi connectivity index (χ1) is 19.4. The highest BCUT2D eigenvalue weighted by Crippen LogP contribution is 2.33. The van der Waals surface area contributed by atoms with E-state index in [2.05, 4.69) is 72.6 Å². The van der Waals surface area contributed by atoms with Crippen LogP contribution in [0.3, 0.4) is 0 Å². The predicted octanol–water partition coefficient (Wildman–Crippen LogP) is 6.97. The van der Waals surface area contributed by atoms with Crippen LogP contribution in [0.2, 0.25) is 0 Å². The summed E-state index contributed by atoms with van der Waals surface area (Å²) in [7, 11) is 0. The summed E-state index contributed by atoms with van der Waals surface area (Å²) in [6.45, 7) is 5.14. The lowest BCUT2D eigenvalue weighted by Gasteiger charge is -2.31. The number of likely N-dealkylation sites (tertiary alicyclic amines) is 1. The van der Waals surface area contributed by atoms with Gasteiger partial charge in [0.25, 0.3) is 5.91 Å². The summed E-state index contributed by atoms with van der Waals surface area (Å²) in [6, 6.07) is 25.0. The van der Waals surface area contributed by atoms with Gasteiger partial charge in [-0.05, 0) is 91.0 Å². The van der Waals surface area contributed by atoms with Crippen molar-refractivity contribution in [2.75, 3.05) is 12.0 Å². The minimum Gasteiger partial charge on any atom is -0.480 e. The summed E-state index contributed by atoms with van der Waals surface area (Å²) in [5.41, 5.74) is 5.99. The number of rotatable bonds is 13. The Morgan fingerprint density at radius 1 is 0.975 bits per heavy atom. The van der Waals surface area contributed by atoms with Crippen LogP contribution in [0.1, 0.15) is 66.1 Å². The summed E-state index contributed by atoms with van der Waals surface area (Å²) in [5.74, 6) is -0.679. The summed E-state index contributed by atoms with van der Waals surface area (Å²) in [5, 5.41) is 12.5. The number of aryl methyl sites for hydroxylation is 1. The molecular formula is C34H42N2O3S. The SMILES string of the molecule is CCC[C@H]1CCC(Cc2ccccc2)N1Cc1ccc(C(=O)NC(CCSC)C(=O)O)c(-c2ccccc2C)c1. The Morgan fingerprint density at radius 2 is 1.70 bits per heavy atom. The van der Waals surface area contributed by atoms with Gasteiger partial charge in [-0.25, -0.2) is 4.79 Å². The van der Waals surface area contributed by atoms with Gasteiger partial charge in [0.15, 0.2) is 0 Å². The molecule has 1 aliphatic heterocycles. The number of carbonyl (C=O) groups excluding carboxylic acids is 1. The molecule has 40 heavy (non-hydrogen) atoms. The van der Waals surface area contributed by atoms with E-state index in [4.69, 9.17) is 0 Å². The van der Waals surface area contributed by atoms with Crippen LogP contribution in [0.15, 0.2) is 72.8 Å². The normalized spacial score (nSPS) is 18.0. The van der Waals surface area contributed by atoms with Gasteiger partial charge in [-0.15, -0.1) is 0 Å². The van der Waals surface area contributed by atoms with Gasteiger partial charge in [0, 0.05) is 24.2 Å². The molecule has 0 aromatic heterocycles. The zero-order chi connectivity index (χ0) is 28.5. The predicted molar refractivity (Wildman–Crippen MR) is 166 cm³/mol. The highest BCUT2D eigenvalue weighted by Gasteiger charge is 2.33. The van der Waals surface area contributed by atoms with Crippen molar-refractivity contribution in [3.8, 4) is 11.1 Å². The molecule has 212 valence electrons. The Kier molecular flexibility index (Phi) is 10.8. The quantitative estimate of drug-likeness (QED) is 0.237. The standard InChI is InChI=1S/C34H42N2O3S/c1-4-10-27-16-17-28(21-25-12-6-5-7-13-25)36(27)23-26-15-18-30(31(22-26)29-14-9-8-11-24(29)2)33(37)35-32(34(38)39)19-20-40-3/h5-9,11-15,18,22,27-28,32H,4,10,16-17,19-21,23H2,1-3H3,(H,35,37)(H,38,39)/t27-,28?,32?/m0/s1. The molecule has 4 rings (SSSR count). The molecule has 3 atom stereocenters. The molecule has 1 amide bonds. The van der Waals surface area contributed by atoms with Gasteiger partial charge in [-0.2, -0.15) is 11.8 Å². The Labute approximate surface area is 243 Å². The average molecular weight is 559 g/mol. The third-order valence-corrected chi connectivity index (χ3v) is 8.69. The van der Waals surface area contributed by atoms with Crippen molar-refractivity contribution < 1.29 is 14.7 Å². The molecule has 1 saturated heterocycles. The van der Waals surface area contributed by atoms with E-state index in [-0.39, 0.29) is 5.91 Å². The van der Waals surface area contributed by atoms with E-state index >= 15 is 0 Å². The Balaban J connectivity index is 1.65. The fourth-order valence-electron chi connectivity index (χ4n) is 5.95. The third-order valence-electron chi connectivity index (χ3n) is 8.05. The fourth-order valence-corrected chi connectivity index (χ4v) is 6.42. The van der Waals surface area contributed by atoms with Crippen molar-refractivity contribution in [3.05, 3.63) is 95.1 Å². The van der Waals surface area contributed by atoms with Crippen LogP contribution < -0.4 is 5.32 Å². The zero-order valence-corrected chi connectivity index (χ0v) is 24.8. The van der Waals surface area contributed by atoms with Gasteiger partial charge in [0.05, 0.1) is 0 Å². The maximum atomic E-state index is 13.5. The molecular weight excluding hydrogens is 516 g/mol. The van der Waals surface area contributed by atoms with E-state index in [9.17, 15) is 14.7 Å². The monoisotopic (exact) mass is 558 g/mol. The molecule has 0 bridgehead atoms. The van der Waals surface area contributed by atoms with Gasteiger partial charge in [-0.3, -0.25) is 9.69 Å². The van der Waals surface area contributed by atoms with Crippen LogP contribution in [-0.4, -0.2) is 52.0 Å². The number of amides is 1. The second kappa shape index (κ2) is 14.5. The van der Waals surface area contributed by atoms with E-state index in [0.29, 0.717) is 29.8 Å². The van der Waals surface area contributed by atoms with Crippen LogP contribution in [0.5, 0.6) is 0 Å². The summed E-state index contributed by atoms with van der Waals surface area (Å²) in [4.78, 5) is 28.0. The van der Waals surface area contributed by atoms with Gasteiger partial charge >= 0.3 is 5.97 Å². The maximum absolute atomic E-state index is 13.5. The molecule has 3 aromatic carbocycles. The number of carboxylic acid groups (broad SMARTS) is 1. The molecule has 2 unspecified atom stereocenters. The van der Waals surface area contributed by atoms with Crippen molar-refractivity contribution in [1.29, 1.82) is 0 Å². The third kappa shape index (κ3) is 7.55. The minimum absolute atomic E-state index is 0.342. The first-order valence-electron chi connectivity index (χ1n) is 14.4. The minimum atomic E-state index is -1.00. The van der Waals surface area contributed by atoms with E-state index in [1.165, 1.54) is 30.4 Å². The Morgan fingerprint density at radius 3 is 2.40 bits per heavy atom. The van der Waals surface area contributed by atoms with E-state index in [1.54, 1.807) is 11.8 Å². The molecule has 0 aliphatic carbocycles. The highest BCUT2D eigenvalue weighted by atomic mass is 32.2. The Hall–Kier alpha value is -3.09. The van der Waals surface area contributed by atoms with Gasteiger partial charge in [0.1, 0.15) is 6.04 Å². The number of aliphatic carboxylic acids is 1. The Bertz CT molecular complexity index is 1280. The molecule has 0 radical (unpaired) electrons. The van der Waals surface area contributed by atoms with Crippen molar-refractivity contribution in [2.24, 2.45) is 0 Å². The lowest BCUT2D eigenvalue weighted by atomic mass is 9.93. The van der Waals surface area contributed by atoms with Crippen molar-refractivity contribution in [2.45, 2.75) is 77.0 Å². The number of hydrogen-bond acceptors (Lipinski definition) is 4. The first kappa shape index (κ1) is 29.9. The molecule has 1 heterocycles. The maximum Gasteiger partial charge on any atom is 0.326 e. The van der Waals surface area contributed by atoms with E-state index < -0.39 is 12.0 Å². The van der Waals surface area contributed by atoms with E-state index in [0.717, 1.165) is 36.1 Å². The fraction of sp³-hybridized carbons (Fsp3) is 0.412. The topological polar surface area (TPSA) is 69.6 Å². The van der Waals surface area contributed by atoms with E-state index in [1.807, 2.05) is 30.5 Å². The second-order valence-electron chi connectivity index (χ2n) is 10.9. The number of carbonyl (C=O) groups is 2. The van der Waals surface area contributed by atoms with Crippen LogP contribution in [-0.2, 0) is 17.8 Å². The van der Waals surface area contributed by atoms with Crippen LogP contribution in [0.25, 0.3) is 11.1 Å². The summed E-state index contributed by atoms with van der Waals surface area (Å²) < 4.78 is 0. The molecule has 0 saturated carbocycles.